The van der Waals surface area contributed by atoms with Crippen LogP contribution in [0.1, 0.15) is 31.2 Å². The van der Waals surface area contributed by atoms with Crippen LogP contribution in [0.4, 0.5) is 5.69 Å². The van der Waals surface area contributed by atoms with Crippen molar-refractivity contribution >= 4 is 17.6 Å². The summed E-state index contributed by atoms with van der Waals surface area (Å²) in [6, 6.07) is 1.75. The molecule has 0 saturated heterocycles. The van der Waals surface area contributed by atoms with E-state index in [9.17, 15) is 14.4 Å². The van der Waals surface area contributed by atoms with Gasteiger partial charge >= 0.3 is 5.97 Å². The molecule has 0 unspecified atom stereocenters. The molecule has 0 aliphatic rings. The highest BCUT2D eigenvalue weighted by molar-refractivity contribution is 5.91. The van der Waals surface area contributed by atoms with Gasteiger partial charge in [0.05, 0.1) is 0 Å². The zero-order chi connectivity index (χ0) is 14.4. The lowest BCUT2D eigenvalue weighted by Crippen LogP contribution is -2.24. The molecule has 1 rings (SSSR count). The van der Waals surface area contributed by atoms with Crippen LogP contribution in [0.25, 0.3) is 0 Å². The number of hydrogen-bond acceptors (Lipinski definition) is 3. The molecule has 0 bridgehead atoms. The molecule has 0 saturated carbocycles. The van der Waals surface area contributed by atoms with E-state index < -0.39 is 5.97 Å². The van der Waals surface area contributed by atoms with Crippen molar-refractivity contribution in [2.24, 2.45) is 7.05 Å². The highest BCUT2D eigenvalue weighted by atomic mass is 16.4. The fraction of sp³-hybridized carbons (Fsp3) is 0.462. The molecule has 1 aromatic rings. The van der Waals surface area contributed by atoms with E-state index in [4.69, 9.17) is 5.11 Å². The molecule has 0 fully saturated rings. The molecule has 6 heteroatoms. The minimum Gasteiger partial charge on any atom is -0.481 e. The molecule has 0 aromatic carbocycles. The number of hydrogen-bond donors (Lipinski definition) is 2. The van der Waals surface area contributed by atoms with Crippen molar-refractivity contribution in [2.45, 2.75) is 32.6 Å². The number of carboxylic acids is 1. The number of aromatic nitrogens is 1. The number of amides is 1. The number of aliphatic carboxylic acids is 1. The molecule has 0 atom stereocenters. The van der Waals surface area contributed by atoms with E-state index in [2.05, 4.69) is 5.32 Å². The summed E-state index contributed by atoms with van der Waals surface area (Å²) in [5.74, 6) is -1.13. The van der Waals surface area contributed by atoms with E-state index in [-0.39, 0.29) is 30.0 Å². The number of carbonyl (C=O) groups excluding carboxylic acids is 1. The summed E-state index contributed by atoms with van der Waals surface area (Å²) in [5, 5.41) is 11.1. The molecule has 1 aromatic heterocycles. The Morgan fingerprint density at radius 2 is 1.95 bits per heavy atom. The average molecular weight is 266 g/mol. The highest BCUT2D eigenvalue weighted by Crippen LogP contribution is 2.09. The number of pyridine rings is 1. The maximum atomic E-state index is 11.8. The molecule has 104 valence electrons. The third-order valence-corrected chi connectivity index (χ3v) is 2.79. The van der Waals surface area contributed by atoms with Gasteiger partial charge in [-0.3, -0.25) is 14.4 Å². The summed E-state index contributed by atoms with van der Waals surface area (Å²) in [6.45, 7) is 1.75. The molecular weight excluding hydrogens is 248 g/mol. The lowest BCUT2D eigenvalue weighted by Gasteiger charge is -2.09. The van der Waals surface area contributed by atoms with Crippen molar-refractivity contribution in [3.8, 4) is 0 Å². The van der Waals surface area contributed by atoms with Crippen molar-refractivity contribution in [1.29, 1.82) is 0 Å². The van der Waals surface area contributed by atoms with Crippen molar-refractivity contribution < 1.29 is 14.7 Å². The third kappa shape index (κ3) is 4.57. The van der Waals surface area contributed by atoms with E-state index in [0.717, 1.165) is 0 Å². The average Bonchev–Trinajstić information content (AvgIpc) is 2.35. The Balaban J connectivity index is 2.56. The molecule has 0 spiro atoms. The Hall–Kier alpha value is -2.11. The smallest absolute Gasteiger partial charge is 0.303 e. The molecule has 19 heavy (non-hydrogen) atoms. The van der Waals surface area contributed by atoms with Crippen LogP contribution in [0.2, 0.25) is 0 Å². The second-order valence-electron chi connectivity index (χ2n) is 4.44. The predicted octanol–water partition coefficient (Wildman–Crippen LogP) is 1.28. The first-order valence-electron chi connectivity index (χ1n) is 6.09. The molecule has 0 aliphatic heterocycles. The van der Waals surface area contributed by atoms with Crippen LogP contribution >= 0.6 is 0 Å². The van der Waals surface area contributed by atoms with Gasteiger partial charge in [0.2, 0.25) is 5.91 Å². The summed E-state index contributed by atoms with van der Waals surface area (Å²) in [6.07, 6.45) is 2.85. The van der Waals surface area contributed by atoms with Gasteiger partial charge in [-0.15, -0.1) is 0 Å². The Bertz CT molecular complexity index is 534. The quantitative estimate of drug-likeness (QED) is 0.759. The Labute approximate surface area is 111 Å². The second-order valence-corrected chi connectivity index (χ2v) is 4.44. The van der Waals surface area contributed by atoms with Gasteiger partial charge in [-0.05, 0) is 31.4 Å². The molecule has 6 nitrogen and oxygen atoms in total. The van der Waals surface area contributed by atoms with Crippen molar-refractivity contribution in [3.05, 3.63) is 28.2 Å². The number of nitrogens with one attached hydrogen (secondary N) is 1. The molecule has 2 N–H and O–H groups in total. The SMILES string of the molecule is Cc1ccn(C)c(=O)c1NC(=O)CCCCC(=O)O. The normalized spacial score (nSPS) is 10.2. The lowest BCUT2D eigenvalue weighted by molar-refractivity contribution is -0.137. The topological polar surface area (TPSA) is 88.4 Å². The number of rotatable bonds is 6. The Kier molecular flexibility index (Phi) is 5.29. The predicted molar refractivity (Wildman–Crippen MR) is 71.2 cm³/mol. The van der Waals surface area contributed by atoms with E-state index in [1.165, 1.54) is 4.57 Å². The van der Waals surface area contributed by atoms with Gasteiger partial charge in [0.25, 0.3) is 5.56 Å². The fourth-order valence-electron chi connectivity index (χ4n) is 1.64. The number of anilines is 1. The molecular formula is C13H18N2O4. The molecule has 1 amide bonds. The van der Waals surface area contributed by atoms with E-state index in [1.807, 2.05) is 0 Å². The standard InChI is InChI=1S/C13H18N2O4/c1-9-7-8-15(2)13(19)12(9)14-10(16)5-3-4-6-11(17)18/h7-8H,3-6H2,1-2H3,(H,14,16)(H,17,18). The monoisotopic (exact) mass is 266 g/mol. The maximum Gasteiger partial charge on any atom is 0.303 e. The number of unbranched alkanes of at least 4 members (excludes halogenated alkanes) is 1. The molecule has 1 heterocycles. The van der Waals surface area contributed by atoms with Crippen molar-refractivity contribution in [3.63, 3.8) is 0 Å². The molecule has 0 aliphatic carbocycles. The van der Waals surface area contributed by atoms with Crippen LogP contribution in [0.3, 0.4) is 0 Å². The van der Waals surface area contributed by atoms with Crippen LogP contribution in [0.15, 0.2) is 17.1 Å². The van der Waals surface area contributed by atoms with Crippen LogP contribution in [0.5, 0.6) is 0 Å². The summed E-state index contributed by atoms with van der Waals surface area (Å²) >= 11 is 0. The minimum absolute atomic E-state index is 0.0550. The van der Waals surface area contributed by atoms with E-state index >= 15 is 0 Å². The van der Waals surface area contributed by atoms with Crippen LogP contribution in [-0.2, 0) is 16.6 Å². The number of carboxylic acid groups (broad SMARTS) is 1. The maximum absolute atomic E-state index is 11.8. The highest BCUT2D eigenvalue weighted by Gasteiger charge is 2.09. The van der Waals surface area contributed by atoms with Gasteiger partial charge < -0.3 is 15.0 Å². The first-order chi connectivity index (χ1) is 8.91. The summed E-state index contributed by atoms with van der Waals surface area (Å²) in [5.41, 5.74) is 0.745. The van der Waals surface area contributed by atoms with Crippen LogP contribution in [-0.4, -0.2) is 21.6 Å². The third-order valence-electron chi connectivity index (χ3n) is 2.79. The number of carbonyl (C=O) groups is 2. The summed E-state index contributed by atoms with van der Waals surface area (Å²) in [7, 11) is 1.62. The van der Waals surface area contributed by atoms with Gasteiger partial charge in [0.15, 0.2) is 0 Å². The minimum atomic E-state index is -0.867. The van der Waals surface area contributed by atoms with Crippen LogP contribution in [0, 0.1) is 6.92 Å². The van der Waals surface area contributed by atoms with Gasteiger partial charge in [-0.2, -0.15) is 0 Å². The Morgan fingerprint density at radius 3 is 2.58 bits per heavy atom. The zero-order valence-corrected chi connectivity index (χ0v) is 11.1. The van der Waals surface area contributed by atoms with Gasteiger partial charge in [-0.25, -0.2) is 0 Å². The van der Waals surface area contributed by atoms with Crippen molar-refractivity contribution in [2.75, 3.05) is 5.32 Å². The lowest BCUT2D eigenvalue weighted by atomic mass is 10.2. The van der Waals surface area contributed by atoms with E-state index in [0.29, 0.717) is 18.4 Å². The summed E-state index contributed by atoms with van der Waals surface area (Å²) in [4.78, 5) is 33.8. The number of nitrogens with zero attached hydrogens (tertiary/aromatic N) is 1. The zero-order valence-electron chi connectivity index (χ0n) is 11.1. The van der Waals surface area contributed by atoms with Gasteiger partial charge in [0, 0.05) is 26.1 Å². The van der Waals surface area contributed by atoms with Crippen molar-refractivity contribution in [1.82, 2.24) is 4.57 Å². The first kappa shape index (κ1) is 14.9. The van der Waals surface area contributed by atoms with Crippen LogP contribution < -0.4 is 10.9 Å². The largest absolute Gasteiger partial charge is 0.481 e. The Morgan fingerprint density at radius 1 is 1.32 bits per heavy atom. The number of aryl methyl sites for hydroxylation is 2. The molecule has 0 radical (unpaired) electrons. The fourth-order valence-corrected chi connectivity index (χ4v) is 1.64. The summed E-state index contributed by atoms with van der Waals surface area (Å²) < 4.78 is 1.40. The van der Waals surface area contributed by atoms with Gasteiger partial charge in [0.1, 0.15) is 5.69 Å². The first-order valence-corrected chi connectivity index (χ1v) is 6.09. The van der Waals surface area contributed by atoms with Gasteiger partial charge in [-0.1, -0.05) is 0 Å². The van der Waals surface area contributed by atoms with E-state index in [1.54, 1.807) is 26.2 Å². The second kappa shape index (κ2) is 6.72.